The van der Waals surface area contributed by atoms with Crippen molar-refractivity contribution in [3.8, 4) is 0 Å². The van der Waals surface area contributed by atoms with E-state index in [0.717, 1.165) is 5.56 Å². The molecule has 4 nitrogen and oxygen atoms in total. The second kappa shape index (κ2) is 6.03. The highest BCUT2D eigenvalue weighted by Crippen LogP contribution is 2.15. The molecule has 0 unspecified atom stereocenters. The molecule has 0 aliphatic rings. The third kappa shape index (κ3) is 3.59. The molecule has 0 spiro atoms. The van der Waals surface area contributed by atoms with Crippen LogP contribution in [0.5, 0.6) is 0 Å². The summed E-state index contributed by atoms with van der Waals surface area (Å²) in [5, 5.41) is 2.72. The minimum atomic E-state index is -0.559. The number of amides is 2. The van der Waals surface area contributed by atoms with E-state index >= 15 is 0 Å². The zero-order valence-corrected chi connectivity index (χ0v) is 10.4. The molecule has 1 N–H and O–H groups in total. The van der Waals surface area contributed by atoms with Crippen LogP contribution in [0.25, 0.3) is 0 Å². The summed E-state index contributed by atoms with van der Waals surface area (Å²) in [6.07, 6.45) is 0.396. The zero-order valence-electron chi connectivity index (χ0n) is 10.4. The van der Waals surface area contributed by atoms with E-state index < -0.39 is 6.04 Å². The fraction of sp³-hybridized carbons (Fsp3) is 0.385. The lowest BCUT2D eigenvalue weighted by atomic mass is 10.0. The molecule has 0 aromatic heterocycles. The molecule has 1 aromatic rings. The standard InChI is InChI=1S/C13H18N2O2/c1-4-11(16)12(14-13(17)15(2)3)10-8-6-5-7-9-10/h5-9,12H,4H2,1-3H3,(H,14,17)/t12-/m1/s1. The SMILES string of the molecule is CCC(=O)[C@H](NC(=O)N(C)C)c1ccccc1. The number of nitrogens with one attached hydrogen (secondary N) is 1. The van der Waals surface area contributed by atoms with E-state index in [1.807, 2.05) is 30.3 Å². The van der Waals surface area contributed by atoms with E-state index in [0.29, 0.717) is 6.42 Å². The Morgan fingerprint density at radius 2 is 1.82 bits per heavy atom. The molecule has 4 heteroatoms. The Balaban J connectivity index is 2.90. The molecule has 0 radical (unpaired) electrons. The predicted octanol–water partition coefficient (Wildman–Crippen LogP) is 1.98. The van der Waals surface area contributed by atoms with Crippen molar-refractivity contribution >= 4 is 11.8 Å². The maximum absolute atomic E-state index is 11.8. The van der Waals surface area contributed by atoms with Crippen molar-refractivity contribution < 1.29 is 9.59 Å². The molecule has 0 saturated heterocycles. The van der Waals surface area contributed by atoms with E-state index in [9.17, 15) is 9.59 Å². The van der Waals surface area contributed by atoms with Crippen molar-refractivity contribution in [2.45, 2.75) is 19.4 Å². The van der Waals surface area contributed by atoms with Crippen LogP contribution in [0.1, 0.15) is 24.9 Å². The molecule has 92 valence electrons. The van der Waals surface area contributed by atoms with Gasteiger partial charge in [-0.15, -0.1) is 0 Å². The van der Waals surface area contributed by atoms with Crippen LogP contribution in [0.2, 0.25) is 0 Å². The molecule has 1 rings (SSSR count). The lowest BCUT2D eigenvalue weighted by Gasteiger charge is -2.20. The van der Waals surface area contributed by atoms with Crippen LogP contribution in [0.3, 0.4) is 0 Å². The first kappa shape index (κ1) is 13.2. The highest BCUT2D eigenvalue weighted by Gasteiger charge is 2.21. The number of hydrogen-bond acceptors (Lipinski definition) is 2. The Morgan fingerprint density at radius 3 is 2.29 bits per heavy atom. The van der Waals surface area contributed by atoms with Gasteiger partial charge in [-0.05, 0) is 5.56 Å². The van der Waals surface area contributed by atoms with Crippen molar-refractivity contribution in [2.75, 3.05) is 14.1 Å². The van der Waals surface area contributed by atoms with Gasteiger partial charge in [-0.1, -0.05) is 37.3 Å². The summed E-state index contributed by atoms with van der Waals surface area (Å²) in [4.78, 5) is 24.9. The number of hydrogen-bond donors (Lipinski definition) is 1. The Morgan fingerprint density at radius 1 is 1.24 bits per heavy atom. The van der Waals surface area contributed by atoms with Gasteiger partial charge in [0, 0.05) is 20.5 Å². The second-order valence-electron chi connectivity index (χ2n) is 4.01. The molecule has 0 saturated carbocycles. The molecule has 0 heterocycles. The summed E-state index contributed by atoms with van der Waals surface area (Å²) < 4.78 is 0. The van der Waals surface area contributed by atoms with Crippen LogP contribution in [-0.2, 0) is 4.79 Å². The summed E-state index contributed by atoms with van der Waals surface area (Å²) in [5.74, 6) is 0.00593. The summed E-state index contributed by atoms with van der Waals surface area (Å²) in [6.45, 7) is 1.79. The van der Waals surface area contributed by atoms with Crippen LogP contribution in [0, 0.1) is 0 Å². The predicted molar refractivity (Wildman–Crippen MR) is 66.7 cm³/mol. The van der Waals surface area contributed by atoms with Gasteiger partial charge in [-0.25, -0.2) is 4.79 Å². The number of rotatable bonds is 4. The molecule has 0 aliphatic carbocycles. The first-order chi connectivity index (χ1) is 8.06. The summed E-state index contributed by atoms with van der Waals surface area (Å²) in [5.41, 5.74) is 0.814. The highest BCUT2D eigenvalue weighted by atomic mass is 16.2. The van der Waals surface area contributed by atoms with Crippen LogP contribution in [-0.4, -0.2) is 30.8 Å². The fourth-order valence-electron chi connectivity index (χ4n) is 1.45. The van der Waals surface area contributed by atoms with Crippen LogP contribution in [0.4, 0.5) is 4.79 Å². The van der Waals surface area contributed by atoms with E-state index in [2.05, 4.69) is 5.32 Å². The summed E-state index contributed by atoms with van der Waals surface area (Å²) >= 11 is 0. The first-order valence-electron chi connectivity index (χ1n) is 5.61. The number of benzene rings is 1. The van der Waals surface area contributed by atoms with Gasteiger partial charge in [-0.3, -0.25) is 4.79 Å². The number of carbonyl (C=O) groups excluding carboxylic acids is 2. The van der Waals surface area contributed by atoms with Crippen molar-refractivity contribution in [2.24, 2.45) is 0 Å². The number of ketones is 1. The summed E-state index contributed by atoms with van der Waals surface area (Å²) in [7, 11) is 3.29. The largest absolute Gasteiger partial charge is 0.331 e. The van der Waals surface area contributed by atoms with Crippen molar-refractivity contribution in [3.05, 3.63) is 35.9 Å². The number of Topliss-reactive ketones (excluding diaryl/α,β-unsaturated/α-hetero) is 1. The normalized spacial score (nSPS) is 11.7. The minimum absolute atomic E-state index is 0.00593. The number of carbonyl (C=O) groups is 2. The van der Waals surface area contributed by atoms with Gasteiger partial charge in [0.15, 0.2) is 5.78 Å². The van der Waals surface area contributed by atoms with Gasteiger partial charge < -0.3 is 10.2 Å². The average Bonchev–Trinajstić information content (AvgIpc) is 2.35. The van der Waals surface area contributed by atoms with Crippen molar-refractivity contribution in [1.82, 2.24) is 10.2 Å². The van der Waals surface area contributed by atoms with Gasteiger partial charge in [0.2, 0.25) is 0 Å². The van der Waals surface area contributed by atoms with Crippen LogP contribution < -0.4 is 5.32 Å². The lowest BCUT2D eigenvalue weighted by molar-refractivity contribution is -0.120. The molecule has 0 aliphatic heterocycles. The summed E-state index contributed by atoms with van der Waals surface area (Å²) in [6, 6.07) is 8.45. The maximum atomic E-state index is 11.8. The van der Waals surface area contributed by atoms with E-state index in [4.69, 9.17) is 0 Å². The minimum Gasteiger partial charge on any atom is -0.331 e. The van der Waals surface area contributed by atoms with E-state index in [1.54, 1.807) is 21.0 Å². The molecule has 2 amide bonds. The van der Waals surface area contributed by atoms with Crippen LogP contribution in [0.15, 0.2) is 30.3 Å². The molecule has 0 bridgehead atoms. The Hall–Kier alpha value is -1.84. The van der Waals surface area contributed by atoms with Crippen molar-refractivity contribution in [3.63, 3.8) is 0 Å². The Bertz CT molecular complexity index is 388. The maximum Gasteiger partial charge on any atom is 0.317 e. The fourth-order valence-corrected chi connectivity index (χ4v) is 1.45. The van der Waals surface area contributed by atoms with Gasteiger partial charge in [0.1, 0.15) is 6.04 Å². The monoisotopic (exact) mass is 234 g/mol. The third-order valence-corrected chi connectivity index (χ3v) is 2.48. The molecular weight excluding hydrogens is 216 g/mol. The van der Waals surface area contributed by atoms with Gasteiger partial charge in [0.25, 0.3) is 0 Å². The van der Waals surface area contributed by atoms with Crippen molar-refractivity contribution in [1.29, 1.82) is 0 Å². The molecule has 1 atom stereocenters. The van der Waals surface area contributed by atoms with Gasteiger partial charge >= 0.3 is 6.03 Å². The van der Waals surface area contributed by atoms with E-state index in [1.165, 1.54) is 4.90 Å². The topological polar surface area (TPSA) is 49.4 Å². The molecule has 1 aromatic carbocycles. The third-order valence-electron chi connectivity index (χ3n) is 2.48. The smallest absolute Gasteiger partial charge is 0.317 e. The number of urea groups is 1. The Labute approximate surface area is 102 Å². The molecular formula is C13H18N2O2. The quantitative estimate of drug-likeness (QED) is 0.866. The van der Waals surface area contributed by atoms with Gasteiger partial charge in [-0.2, -0.15) is 0 Å². The first-order valence-corrected chi connectivity index (χ1v) is 5.61. The number of nitrogens with zero attached hydrogens (tertiary/aromatic N) is 1. The highest BCUT2D eigenvalue weighted by molar-refractivity contribution is 5.89. The van der Waals surface area contributed by atoms with Crippen LogP contribution >= 0.6 is 0 Å². The van der Waals surface area contributed by atoms with Gasteiger partial charge in [0.05, 0.1) is 0 Å². The zero-order chi connectivity index (χ0) is 12.8. The molecule has 0 fully saturated rings. The average molecular weight is 234 g/mol. The second-order valence-corrected chi connectivity index (χ2v) is 4.01. The Kier molecular flexibility index (Phi) is 4.69. The lowest BCUT2D eigenvalue weighted by Crippen LogP contribution is -2.40. The van der Waals surface area contributed by atoms with E-state index in [-0.39, 0.29) is 11.8 Å². The molecule has 17 heavy (non-hydrogen) atoms.